The summed E-state index contributed by atoms with van der Waals surface area (Å²) in [5, 5.41) is 14.6. The van der Waals surface area contributed by atoms with Gasteiger partial charge in [0.05, 0.1) is 6.54 Å². The van der Waals surface area contributed by atoms with Gasteiger partial charge in [-0.25, -0.2) is 0 Å². The lowest BCUT2D eigenvalue weighted by Crippen LogP contribution is -2.28. The second-order valence-corrected chi connectivity index (χ2v) is 6.39. The minimum Gasteiger partial charge on any atom is -0.345 e. The lowest BCUT2D eigenvalue weighted by molar-refractivity contribution is 0.0949. The number of hydrogen-bond donors (Lipinski definition) is 2. The fourth-order valence-corrected chi connectivity index (χ4v) is 3.32. The molecule has 0 aliphatic carbocycles. The summed E-state index contributed by atoms with van der Waals surface area (Å²) in [6, 6.07) is 13.7. The summed E-state index contributed by atoms with van der Waals surface area (Å²) in [6.45, 7) is 2.47. The zero-order chi connectivity index (χ0) is 17.1. The second-order valence-electron chi connectivity index (χ2n) is 6.39. The first-order chi connectivity index (χ1) is 12.3. The van der Waals surface area contributed by atoms with Crippen molar-refractivity contribution in [1.29, 1.82) is 0 Å². The highest BCUT2D eigenvalue weighted by Crippen LogP contribution is 2.23. The van der Waals surface area contributed by atoms with Crippen LogP contribution in [-0.2, 0) is 6.54 Å². The van der Waals surface area contributed by atoms with Crippen LogP contribution in [0.4, 0.5) is 0 Å². The van der Waals surface area contributed by atoms with Crippen molar-refractivity contribution in [3.8, 4) is 0 Å². The van der Waals surface area contributed by atoms with Gasteiger partial charge in [-0.1, -0.05) is 18.2 Å². The molecule has 4 rings (SSSR count). The quantitative estimate of drug-likeness (QED) is 0.766. The fraction of sp³-hybridized carbons (Fsp3) is 0.316. The minimum absolute atomic E-state index is 0.0963. The molecule has 1 aliphatic heterocycles. The Bertz CT molecular complexity index is 865. The van der Waals surface area contributed by atoms with Crippen molar-refractivity contribution in [2.75, 3.05) is 13.1 Å². The number of rotatable bonds is 4. The Morgan fingerprint density at radius 3 is 2.88 bits per heavy atom. The molecule has 2 N–H and O–H groups in total. The molecule has 3 heterocycles. The molecule has 3 aromatic rings. The summed E-state index contributed by atoms with van der Waals surface area (Å²) in [4.78, 5) is 12.4. The maximum Gasteiger partial charge on any atom is 0.251 e. The van der Waals surface area contributed by atoms with Gasteiger partial charge in [0.15, 0.2) is 11.5 Å². The molecule has 0 bridgehead atoms. The fourth-order valence-electron chi connectivity index (χ4n) is 3.32. The van der Waals surface area contributed by atoms with E-state index >= 15 is 0 Å². The van der Waals surface area contributed by atoms with E-state index in [0.717, 1.165) is 18.7 Å². The molecule has 1 saturated heterocycles. The van der Waals surface area contributed by atoms with Crippen LogP contribution >= 0.6 is 0 Å². The van der Waals surface area contributed by atoms with Crippen LogP contribution in [0.2, 0.25) is 0 Å². The van der Waals surface area contributed by atoms with Crippen LogP contribution in [-0.4, -0.2) is 33.6 Å². The van der Waals surface area contributed by atoms with Gasteiger partial charge in [0, 0.05) is 18.3 Å². The van der Waals surface area contributed by atoms with E-state index in [4.69, 9.17) is 0 Å². The smallest absolute Gasteiger partial charge is 0.251 e. The number of hydrogen-bond acceptors (Lipinski definition) is 4. The van der Waals surface area contributed by atoms with Crippen LogP contribution in [0.3, 0.4) is 0 Å². The summed E-state index contributed by atoms with van der Waals surface area (Å²) in [5.41, 5.74) is 2.74. The molecule has 0 spiro atoms. The van der Waals surface area contributed by atoms with Gasteiger partial charge in [0.2, 0.25) is 0 Å². The van der Waals surface area contributed by atoms with E-state index < -0.39 is 0 Å². The molecule has 1 aromatic carbocycles. The normalized spacial score (nSPS) is 17.5. The molecular formula is C19H21N5O. The van der Waals surface area contributed by atoms with E-state index in [1.54, 1.807) is 0 Å². The lowest BCUT2D eigenvalue weighted by Gasteiger charge is -2.23. The van der Waals surface area contributed by atoms with Gasteiger partial charge < -0.3 is 10.6 Å². The molecule has 1 aliphatic rings. The number of amides is 1. The number of piperidine rings is 1. The van der Waals surface area contributed by atoms with Gasteiger partial charge in [-0.3, -0.25) is 9.20 Å². The number of benzene rings is 1. The standard InChI is InChI=1S/C19H21N5O/c25-19(21-13-18-23-22-17-5-1-2-11-24(17)18)15-8-6-14(7-9-15)16-4-3-10-20-12-16/h1-2,5-9,11,16,20H,3-4,10,12-13H2,(H,21,25). The largest absolute Gasteiger partial charge is 0.345 e. The Hall–Kier alpha value is -2.73. The molecule has 6 heteroatoms. The first-order valence-electron chi connectivity index (χ1n) is 8.69. The Kier molecular flexibility index (Phi) is 4.43. The van der Waals surface area contributed by atoms with E-state index in [2.05, 4.69) is 33.0 Å². The van der Waals surface area contributed by atoms with Crippen LogP contribution in [0.25, 0.3) is 5.65 Å². The summed E-state index contributed by atoms with van der Waals surface area (Å²) in [5.74, 6) is 1.17. The van der Waals surface area contributed by atoms with Crippen molar-refractivity contribution in [3.63, 3.8) is 0 Å². The van der Waals surface area contributed by atoms with Gasteiger partial charge in [-0.15, -0.1) is 10.2 Å². The molecule has 0 radical (unpaired) electrons. The van der Waals surface area contributed by atoms with E-state index in [0.29, 0.717) is 23.9 Å². The number of pyridine rings is 1. The Balaban J connectivity index is 1.40. The molecule has 0 saturated carbocycles. The van der Waals surface area contributed by atoms with E-state index in [-0.39, 0.29) is 5.91 Å². The van der Waals surface area contributed by atoms with Crippen LogP contribution in [0.5, 0.6) is 0 Å². The van der Waals surface area contributed by atoms with Crippen molar-refractivity contribution in [1.82, 2.24) is 25.2 Å². The summed E-state index contributed by atoms with van der Waals surface area (Å²) in [7, 11) is 0. The topological polar surface area (TPSA) is 71.3 Å². The number of fused-ring (bicyclic) bond motifs is 1. The average molecular weight is 335 g/mol. The van der Waals surface area contributed by atoms with Crippen LogP contribution in [0.1, 0.15) is 40.5 Å². The number of nitrogens with one attached hydrogen (secondary N) is 2. The van der Waals surface area contributed by atoms with E-state index in [9.17, 15) is 4.79 Å². The number of aromatic nitrogens is 3. The van der Waals surface area contributed by atoms with E-state index in [1.807, 2.05) is 40.9 Å². The number of carbonyl (C=O) groups is 1. The maximum atomic E-state index is 12.4. The molecule has 1 amide bonds. The van der Waals surface area contributed by atoms with Crippen molar-refractivity contribution >= 4 is 11.6 Å². The summed E-state index contributed by atoms with van der Waals surface area (Å²) < 4.78 is 1.87. The number of carbonyl (C=O) groups excluding carboxylic acids is 1. The zero-order valence-electron chi connectivity index (χ0n) is 14.0. The first-order valence-corrected chi connectivity index (χ1v) is 8.69. The molecule has 128 valence electrons. The third kappa shape index (κ3) is 3.39. The van der Waals surface area contributed by atoms with E-state index in [1.165, 1.54) is 18.4 Å². The van der Waals surface area contributed by atoms with Crippen molar-refractivity contribution in [3.05, 3.63) is 65.6 Å². The molecule has 6 nitrogen and oxygen atoms in total. The monoisotopic (exact) mass is 335 g/mol. The van der Waals surface area contributed by atoms with Crippen molar-refractivity contribution in [2.24, 2.45) is 0 Å². The Morgan fingerprint density at radius 1 is 1.20 bits per heavy atom. The highest BCUT2D eigenvalue weighted by Gasteiger charge is 2.15. The third-order valence-corrected chi connectivity index (χ3v) is 4.73. The SMILES string of the molecule is O=C(NCc1nnc2ccccn12)c1ccc(C2CCCNC2)cc1. The molecule has 25 heavy (non-hydrogen) atoms. The van der Waals surface area contributed by atoms with Gasteiger partial charge in [-0.2, -0.15) is 0 Å². The van der Waals surface area contributed by atoms with Gasteiger partial charge in [-0.05, 0) is 55.1 Å². The molecule has 1 unspecified atom stereocenters. The van der Waals surface area contributed by atoms with Gasteiger partial charge >= 0.3 is 0 Å². The summed E-state index contributed by atoms with van der Waals surface area (Å²) >= 11 is 0. The predicted octanol–water partition coefficient (Wildman–Crippen LogP) is 2.13. The average Bonchev–Trinajstić information content (AvgIpc) is 3.10. The molecule has 1 fully saturated rings. The van der Waals surface area contributed by atoms with Crippen LogP contribution < -0.4 is 10.6 Å². The lowest BCUT2D eigenvalue weighted by atomic mass is 9.91. The van der Waals surface area contributed by atoms with Crippen molar-refractivity contribution < 1.29 is 4.79 Å². The van der Waals surface area contributed by atoms with Gasteiger partial charge in [0.25, 0.3) is 5.91 Å². The molecular weight excluding hydrogens is 314 g/mol. The number of nitrogens with zero attached hydrogens (tertiary/aromatic N) is 3. The molecule has 2 aromatic heterocycles. The first kappa shape index (κ1) is 15.8. The minimum atomic E-state index is -0.0963. The highest BCUT2D eigenvalue weighted by molar-refractivity contribution is 5.94. The van der Waals surface area contributed by atoms with Crippen LogP contribution in [0, 0.1) is 0 Å². The Labute approximate surface area is 146 Å². The van der Waals surface area contributed by atoms with Gasteiger partial charge in [0.1, 0.15) is 0 Å². The third-order valence-electron chi connectivity index (χ3n) is 4.73. The second kappa shape index (κ2) is 7.03. The summed E-state index contributed by atoms with van der Waals surface area (Å²) in [6.07, 6.45) is 4.31. The predicted molar refractivity (Wildman–Crippen MR) is 95.4 cm³/mol. The van der Waals surface area contributed by atoms with Crippen LogP contribution in [0.15, 0.2) is 48.7 Å². The Morgan fingerprint density at radius 2 is 2.08 bits per heavy atom. The highest BCUT2D eigenvalue weighted by atomic mass is 16.1. The molecule has 1 atom stereocenters. The zero-order valence-corrected chi connectivity index (χ0v) is 14.0. The van der Waals surface area contributed by atoms with Crippen molar-refractivity contribution in [2.45, 2.75) is 25.3 Å². The maximum absolute atomic E-state index is 12.4.